The van der Waals surface area contributed by atoms with Crippen LogP contribution < -0.4 is 0 Å². The molecule has 0 aliphatic carbocycles. The Bertz CT molecular complexity index is 1950. The lowest BCUT2D eigenvalue weighted by Gasteiger charge is -2.42. The van der Waals surface area contributed by atoms with Gasteiger partial charge in [0.1, 0.15) is 0 Å². The normalized spacial score (nSPS) is 25.9. The van der Waals surface area contributed by atoms with E-state index in [1.165, 1.54) is 0 Å². The summed E-state index contributed by atoms with van der Waals surface area (Å²) in [6.45, 7) is 36.0. The predicted octanol–water partition coefficient (Wildman–Crippen LogP) is 9.29. The molecular weight excluding hydrogens is 917 g/mol. The number of sulfone groups is 1. The first-order valence-electron chi connectivity index (χ1n) is 23.9. The van der Waals surface area contributed by atoms with Crippen molar-refractivity contribution in [3.63, 3.8) is 0 Å². The molecule has 0 amide bonds. The first kappa shape index (κ1) is 57.3. The van der Waals surface area contributed by atoms with Crippen molar-refractivity contribution >= 4 is 36.6 Å². The van der Waals surface area contributed by atoms with Gasteiger partial charge in [0.05, 0.1) is 85.6 Å². The Morgan fingerprint density at radius 2 is 1.48 bits per heavy atom. The number of hydrogen-bond acceptors (Lipinski definition) is 13. The van der Waals surface area contributed by atoms with E-state index in [1.807, 2.05) is 13.8 Å². The highest BCUT2D eigenvalue weighted by Crippen LogP contribution is 2.43. The van der Waals surface area contributed by atoms with E-state index < -0.39 is 73.0 Å². The molecule has 3 aliphatic heterocycles. The second-order valence-corrected chi connectivity index (χ2v) is 35.5. The number of ether oxygens (including phenoxy) is 5. The smallest absolute Gasteiger partial charge is 0.264 e. The topological polar surface area (TPSA) is 162 Å². The highest BCUT2D eigenvalue weighted by Gasteiger charge is 2.50. The van der Waals surface area contributed by atoms with Gasteiger partial charge in [0.25, 0.3) is 10.1 Å². The van der Waals surface area contributed by atoms with Crippen LogP contribution in [-0.4, -0.2) is 133 Å². The van der Waals surface area contributed by atoms with Crippen LogP contribution in [0.25, 0.3) is 0 Å². The van der Waals surface area contributed by atoms with E-state index in [9.17, 15) is 21.9 Å². The largest absolute Gasteiger partial charge is 0.414 e. The summed E-state index contributed by atoms with van der Waals surface area (Å²) in [4.78, 5) is 0.206. The van der Waals surface area contributed by atoms with E-state index in [0.29, 0.717) is 51.1 Å². The van der Waals surface area contributed by atoms with Crippen LogP contribution in [0.3, 0.4) is 0 Å². The summed E-state index contributed by atoms with van der Waals surface area (Å²) in [5.74, 6) is -1.29. The minimum Gasteiger partial charge on any atom is -0.414 e. The van der Waals surface area contributed by atoms with Crippen LogP contribution in [-0.2, 0) is 56.7 Å². The fraction of sp³-hybridized carbons (Fsp3) is 0.796. The number of aliphatic hydroxyl groups excluding tert-OH is 1. The fourth-order valence-electron chi connectivity index (χ4n) is 8.63. The van der Waals surface area contributed by atoms with Crippen molar-refractivity contribution in [2.45, 2.75) is 203 Å². The Hall–Kier alpha value is -1.33. The third-order valence-electron chi connectivity index (χ3n) is 14.8. The molecular formula is C49H86O13S2Si2. The van der Waals surface area contributed by atoms with Crippen LogP contribution in [0.15, 0.2) is 53.5 Å². The third-order valence-corrected chi connectivity index (χ3v) is 26.3. The maximum absolute atomic E-state index is 14.2. The van der Waals surface area contributed by atoms with Gasteiger partial charge < -0.3 is 37.6 Å². The van der Waals surface area contributed by atoms with Crippen LogP contribution >= 0.6 is 0 Å². The van der Waals surface area contributed by atoms with Crippen molar-refractivity contribution in [1.29, 1.82) is 0 Å². The van der Waals surface area contributed by atoms with Crippen LogP contribution in [0.2, 0.25) is 36.3 Å². The zero-order chi connectivity index (χ0) is 49.6. The predicted molar refractivity (Wildman–Crippen MR) is 266 cm³/mol. The Balaban J connectivity index is 1.54. The van der Waals surface area contributed by atoms with Gasteiger partial charge in [0.15, 0.2) is 32.8 Å². The lowest BCUT2D eigenvalue weighted by atomic mass is 9.86. The molecule has 380 valence electrons. The summed E-state index contributed by atoms with van der Waals surface area (Å²) in [6.07, 6.45) is 0.255. The lowest BCUT2D eigenvalue weighted by Crippen LogP contribution is -2.49. The Morgan fingerprint density at radius 1 is 0.879 bits per heavy atom. The summed E-state index contributed by atoms with van der Waals surface area (Å²) in [7, 11) is -10.6. The SMILES string of the molecule is C=C([C@H](C)C[C@@H](CC[C@@H]1O[C@@H](CCC2OCCO2)CC1=C)OS(C)(=O)=O)[C@H](O)C[C@@H]1O[C@H](CC(CO[Si](C)(C)C(C)(C)C)O[Si](C)(C)C(C)(C)C)[C@H](OC)[C@H]1CS(=O)(=O)c1ccc(C)cc1. The van der Waals surface area contributed by atoms with E-state index in [1.54, 1.807) is 31.4 Å². The van der Waals surface area contributed by atoms with E-state index in [-0.39, 0.29) is 64.1 Å². The molecule has 0 aromatic heterocycles. The van der Waals surface area contributed by atoms with Gasteiger partial charge in [0, 0.05) is 32.3 Å². The van der Waals surface area contributed by atoms with Gasteiger partial charge in [-0.25, -0.2) is 8.42 Å². The molecule has 66 heavy (non-hydrogen) atoms. The van der Waals surface area contributed by atoms with Crippen molar-refractivity contribution in [2.75, 3.05) is 38.9 Å². The highest BCUT2D eigenvalue weighted by atomic mass is 32.2. The Kier molecular flexibility index (Phi) is 20.2. The van der Waals surface area contributed by atoms with E-state index in [4.69, 9.17) is 36.7 Å². The van der Waals surface area contributed by atoms with Gasteiger partial charge in [-0.15, -0.1) is 0 Å². The van der Waals surface area contributed by atoms with Crippen LogP contribution in [0, 0.1) is 18.8 Å². The minimum atomic E-state index is -3.83. The van der Waals surface area contributed by atoms with E-state index >= 15 is 0 Å². The first-order valence-corrected chi connectivity index (χ1v) is 33.2. The molecule has 0 radical (unpaired) electrons. The van der Waals surface area contributed by atoms with Crippen LogP contribution in [0.4, 0.5) is 0 Å². The Morgan fingerprint density at radius 3 is 2.05 bits per heavy atom. The molecule has 0 saturated carbocycles. The molecule has 13 nitrogen and oxygen atoms in total. The molecule has 4 rings (SSSR count). The molecule has 1 aromatic rings. The highest BCUT2D eigenvalue weighted by molar-refractivity contribution is 7.91. The molecule has 17 heteroatoms. The van der Waals surface area contributed by atoms with Crippen LogP contribution in [0.5, 0.6) is 0 Å². The molecule has 3 aliphatic rings. The van der Waals surface area contributed by atoms with Gasteiger partial charge in [-0.3, -0.25) is 4.18 Å². The molecule has 1 N–H and O–H groups in total. The van der Waals surface area contributed by atoms with Gasteiger partial charge >= 0.3 is 0 Å². The van der Waals surface area contributed by atoms with E-state index in [2.05, 4.69) is 80.9 Å². The van der Waals surface area contributed by atoms with Crippen molar-refractivity contribution in [3.8, 4) is 0 Å². The zero-order valence-corrected chi connectivity index (χ0v) is 46.4. The number of hydrogen-bond donors (Lipinski definition) is 1. The quantitative estimate of drug-likeness (QED) is 0.0561. The van der Waals surface area contributed by atoms with Crippen LogP contribution in [0.1, 0.15) is 105 Å². The maximum Gasteiger partial charge on any atom is 0.264 e. The summed E-state index contributed by atoms with van der Waals surface area (Å²) in [5, 5.41) is 11.9. The number of methoxy groups -OCH3 is 1. The fourth-order valence-corrected chi connectivity index (χ4v) is 13.3. The van der Waals surface area contributed by atoms with Crippen molar-refractivity contribution < 1.29 is 58.7 Å². The van der Waals surface area contributed by atoms with Gasteiger partial charge in [-0.2, -0.15) is 8.42 Å². The summed E-state index contributed by atoms with van der Waals surface area (Å²) < 4.78 is 103. The second-order valence-electron chi connectivity index (χ2n) is 22.3. The number of benzene rings is 1. The van der Waals surface area contributed by atoms with Gasteiger partial charge in [0.2, 0.25) is 0 Å². The number of aryl methyl sites for hydroxylation is 1. The first-order chi connectivity index (χ1) is 30.3. The lowest BCUT2D eigenvalue weighted by molar-refractivity contribution is -0.0588. The summed E-state index contributed by atoms with van der Waals surface area (Å²) >= 11 is 0. The second kappa shape index (κ2) is 23.3. The van der Waals surface area contributed by atoms with Gasteiger partial charge in [-0.1, -0.05) is 79.3 Å². The monoisotopic (exact) mass is 1000 g/mol. The molecule has 3 saturated heterocycles. The molecule has 3 heterocycles. The van der Waals surface area contributed by atoms with Crippen molar-refractivity contribution in [2.24, 2.45) is 11.8 Å². The molecule has 3 fully saturated rings. The molecule has 0 bridgehead atoms. The molecule has 10 atom stereocenters. The number of aliphatic hydroxyl groups is 1. The van der Waals surface area contributed by atoms with Crippen molar-refractivity contribution in [3.05, 3.63) is 54.1 Å². The molecule has 1 aromatic carbocycles. The molecule has 1 unspecified atom stereocenters. The Labute approximate surface area is 401 Å². The number of rotatable bonds is 25. The average molecular weight is 1000 g/mol. The van der Waals surface area contributed by atoms with Crippen molar-refractivity contribution in [1.82, 2.24) is 0 Å². The minimum absolute atomic E-state index is 0.0181. The standard InChI is InChI=1S/C49H86O13S2Si2/c1-33-17-21-40(22-18-33)64(53,54)32-41-44(60-45(47(41)55-11)29-39(62-66(15,16)49(8,9)10)31-58-65(13,14)48(5,6)7)30-42(50)36(4)34(2)27-38(61-63(12,51)52)19-23-43-35(3)28-37(59-43)20-24-46-56-25-26-57-46/h17-18,21-22,34,37-39,41-47,50H,3-4,19-20,23-32H2,1-2,5-16H3/t34-,37+,38-,39?,41+,42-,43+,44+,45-,47-/m1/s1. The zero-order valence-electron chi connectivity index (χ0n) is 42.7. The maximum atomic E-state index is 14.2. The third kappa shape index (κ3) is 16.4. The van der Waals surface area contributed by atoms with Gasteiger partial charge in [-0.05, 0) is 104 Å². The summed E-state index contributed by atoms with van der Waals surface area (Å²) in [6, 6.07) is 6.81. The van der Waals surface area contributed by atoms with E-state index in [0.717, 1.165) is 30.2 Å². The summed E-state index contributed by atoms with van der Waals surface area (Å²) in [5.41, 5.74) is 2.38. The molecule has 0 spiro atoms. The average Bonchev–Trinajstić information content (AvgIpc) is 3.92.